The van der Waals surface area contributed by atoms with E-state index in [0.717, 1.165) is 18.9 Å². The Morgan fingerprint density at radius 1 is 1.29 bits per heavy atom. The van der Waals surface area contributed by atoms with Crippen LogP contribution < -0.4 is 4.74 Å². The van der Waals surface area contributed by atoms with E-state index in [4.69, 9.17) is 10.00 Å². The van der Waals surface area contributed by atoms with Crippen LogP contribution in [0.5, 0.6) is 11.5 Å². The Morgan fingerprint density at radius 3 is 2.75 bits per heavy atom. The molecule has 0 bridgehead atoms. The standard InChI is InChI=1S/C19H19N3O5S/c1-14-4-3-9-21(13-14)28(25,26)17-7-8-19(18(11-17)22(23)24)27-16-6-2-5-15(10-16)12-20/h2,5-8,10-11,14H,3-4,9,13H2,1H3. The third-order valence-corrected chi connectivity index (χ3v) is 6.44. The van der Waals surface area contributed by atoms with E-state index < -0.39 is 20.6 Å². The molecule has 0 saturated carbocycles. The summed E-state index contributed by atoms with van der Waals surface area (Å²) >= 11 is 0. The smallest absolute Gasteiger partial charge is 0.312 e. The van der Waals surface area contributed by atoms with Gasteiger partial charge in [-0.05, 0) is 49.1 Å². The van der Waals surface area contributed by atoms with Crippen LogP contribution >= 0.6 is 0 Å². The van der Waals surface area contributed by atoms with Crippen molar-refractivity contribution in [1.29, 1.82) is 5.26 Å². The van der Waals surface area contributed by atoms with Crippen LogP contribution in [0.25, 0.3) is 0 Å². The van der Waals surface area contributed by atoms with Crippen molar-refractivity contribution in [2.75, 3.05) is 13.1 Å². The molecule has 1 heterocycles. The fourth-order valence-corrected chi connectivity index (χ4v) is 4.78. The number of ether oxygens (including phenoxy) is 1. The van der Waals surface area contributed by atoms with Gasteiger partial charge in [-0.2, -0.15) is 9.57 Å². The number of nitriles is 1. The Bertz CT molecular complexity index is 1050. The molecule has 1 unspecified atom stereocenters. The quantitative estimate of drug-likeness (QED) is 0.558. The van der Waals surface area contributed by atoms with Crippen molar-refractivity contribution in [3.63, 3.8) is 0 Å². The molecular formula is C19H19N3O5S. The highest BCUT2D eigenvalue weighted by Crippen LogP contribution is 2.35. The molecule has 0 aliphatic carbocycles. The number of sulfonamides is 1. The summed E-state index contributed by atoms with van der Waals surface area (Å²) in [4.78, 5) is 10.7. The summed E-state index contributed by atoms with van der Waals surface area (Å²) in [5.74, 6) is 0.405. The first-order valence-electron chi connectivity index (χ1n) is 8.78. The number of hydrogen-bond donors (Lipinski definition) is 0. The van der Waals surface area contributed by atoms with Gasteiger partial charge in [-0.15, -0.1) is 0 Å². The summed E-state index contributed by atoms with van der Waals surface area (Å²) in [7, 11) is -3.82. The van der Waals surface area contributed by atoms with Gasteiger partial charge in [-0.25, -0.2) is 8.42 Å². The van der Waals surface area contributed by atoms with Gasteiger partial charge in [-0.1, -0.05) is 13.0 Å². The van der Waals surface area contributed by atoms with Crippen LogP contribution in [0.4, 0.5) is 5.69 Å². The SMILES string of the molecule is CC1CCCN(S(=O)(=O)c2ccc(Oc3cccc(C#N)c3)c([N+](=O)[O-])c2)C1. The van der Waals surface area contributed by atoms with Gasteiger partial charge < -0.3 is 4.74 Å². The minimum atomic E-state index is -3.82. The third-order valence-electron chi connectivity index (χ3n) is 4.58. The normalized spacial score (nSPS) is 17.6. The summed E-state index contributed by atoms with van der Waals surface area (Å²) in [5, 5.41) is 20.5. The fourth-order valence-electron chi connectivity index (χ4n) is 3.16. The highest BCUT2D eigenvalue weighted by Gasteiger charge is 2.31. The molecular weight excluding hydrogens is 382 g/mol. The van der Waals surface area contributed by atoms with Crippen molar-refractivity contribution < 1.29 is 18.1 Å². The van der Waals surface area contributed by atoms with E-state index in [9.17, 15) is 18.5 Å². The minimum Gasteiger partial charge on any atom is -0.450 e. The highest BCUT2D eigenvalue weighted by molar-refractivity contribution is 7.89. The Kier molecular flexibility index (Phi) is 5.63. The lowest BCUT2D eigenvalue weighted by Crippen LogP contribution is -2.39. The van der Waals surface area contributed by atoms with Gasteiger partial charge in [0.25, 0.3) is 0 Å². The zero-order valence-corrected chi connectivity index (χ0v) is 16.1. The zero-order valence-electron chi connectivity index (χ0n) is 15.2. The third kappa shape index (κ3) is 4.13. The summed E-state index contributed by atoms with van der Waals surface area (Å²) in [6, 6.07) is 11.8. The summed E-state index contributed by atoms with van der Waals surface area (Å²) in [6.07, 6.45) is 1.72. The van der Waals surface area contributed by atoms with Crippen LogP contribution in [0.3, 0.4) is 0 Å². The summed E-state index contributed by atoms with van der Waals surface area (Å²) < 4.78 is 32.7. The van der Waals surface area contributed by atoms with E-state index in [1.807, 2.05) is 13.0 Å². The number of nitro groups is 1. The number of rotatable bonds is 5. The molecule has 1 aliphatic heterocycles. The van der Waals surface area contributed by atoms with Crippen LogP contribution in [0.15, 0.2) is 47.4 Å². The Morgan fingerprint density at radius 2 is 2.07 bits per heavy atom. The first kappa shape index (κ1) is 19.8. The first-order valence-corrected chi connectivity index (χ1v) is 10.2. The van der Waals surface area contributed by atoms with Gasteiger partial charge in [0.15, 0.2) is 0 Å². The Labute approximate surface area is 163 Å². The molecule has 0 N–H and O–H groups in total. The number of piperidine rings is 1. The van der Waals surface area contributed by atoms with Crippen LogP contribution in [0.1, 0.15) is 25.3 Å². The van der Waals surface area contributed by atoms with Gasteiger partial charge in [0.2, 0.25) is 15.8 Å². The van der Waals surface area contributed by atoms with Crippen molar-refractivity contribution in [3.05, 3.63) is 58.1 Å². The maximum atomic E-state index is 12.9. The molecule has 0 radical (unpaired) electrons. The molecule has 0 amide bonds. The topological polar surface area (TPSA) is 114 Å². The molecule has 2 aromatic rings. The lowest BCUT2D eigenvalue weighted by Gasteiger charge is -2.30. The second kappa shape index (κ2) is 7.96. The molecule has 2 aromatic carbocycles. The van der Waals surface area contributed by atoms with E-state index in [1.165, 1.54) is 22.5 Å². The fraction of sp³-hybridized carbons (Fsp3) is 0.316. The summed E-state index contributed by atoms with van der Waals surface area (Å²) in [5.41, 5.74) is -0.105. The maximum absolute atomic E-state index is 12.9. The largest absolute Gasteiger partial charge is 0.450 e. The minimum absolute atomic E-state index is 0.0916. The second-order valence-corrected chi connectivity index (χ2v) is 8.68. The second-order valence-electron chi connectivity index (χ2n) is 6.74. The molecule has 1 aliphatic rings. The van der Waals surface area contributed by atoms with E-state index in [0.29, 0.717) is 18.7 Å². The van der Waals surface area contributed by atoms with E-state index >= 15 is 0 Å². The average molecular weight is 401 g/mol. The van der Waals surface area contributed by atoms with Crippen LogP contribution in [0, 0.1) is 27.4 Å². The average Bonchev–Trinajstić information content (AvgIpc) is 2.68. The predicted molar refractivity (Wildman–Crippen MR) is 101 cm³/mol. The molecule has 1 fully saturated rings. The molecule has 0 spiro atoms. The van der Waals surface area contributed by atoms with Crippen molar-refractivity contribution >= 4 is 15.7 Å². The van der Waals surface area contributed by atoms with Crippen LogP contribution in [0.2, 0.25) is 0 Å². The highest BCUT2D eigenvalue weighted by atomic mass is 32.2. The van der Waals surface area contributed by atoms with Gasteiger partial charge in [0.1, 0.15) is 5.75 Å². The van der Waals surface area contributed by atoms with E-state index in [-0.39, 0.29) is 22.3 Å². The molecule has 8 nitrogen and oxygen atoms in total. The van der Waals surface area contributed by atoms with Crippen molar-refractivity contribution in [2.45, 2.75) is 24.7 Å². The molecule has 0 aromatic heterocycles. The maximum Gasteiger partial charge on any atom is 0.312 e. The molecule has 28 heavy (non-hydrogen) atoms. The van der Waals surface area contributed by atoms with Gasteiger partial charge in [0.05, 0.1) is 21.5 Å². The number of hydrogen-bond acceptors (Lipinski definition) is 6. The predicted octanol–water partition coefficient (Wildman–Crippen LogP) is 3.68. The lowest BCUT2D eigenvalue weighted by molar-refractivity contribution is -0.385. The van der Waals surface area contributed by atoms with Gasteiger partial charge >= 0.3 is 5.69 Å². The summed E-state index contributed by atoms with van der Waals surface area (Å²) in [6.45, 7) is 2.78. The Balaban J connectivity index is 1.95. The number of benzene rings is 2. The van der Waals surface area contributed by atoms with Crippen LogP contribution in [-0.2, 0) is 10.0 Å². The number of nitrogens with zero attached hydrogens (tertiary/aromatic N) is 3. The zero-order chi connectivity index (χ0) is 20.3. The molecule has 9 heteroatoms. The molecule has 1 atom stereocenters. The molecule has 3 rings (SSSR count). The lowest BCUT2D eigenvalue weighted by atomic mass is 10.0. The van der Waals surface area contributed by atoms with Crippen LogP contribution in [-0.4, -0.2) is 30.7 Å². The number of nitro benzene ring substituents is 1. The molecule has 146 valence electrons. The molecule has 1 saturated heterocycles. The monoisotopic (exact) mass is 401 g/mol. The van der Waals surface area contributed by atoms with Crippen molar-refractivity contribution in [2.24, 2.45) is 5.92 Å². The van der Waals surface area contributed by atoms with Crippen molar-refractivity contribution in [1.82, 2.24) is 4.31 Å². The first-order chi connectivity index (χ1) is 13.3. The van der Waals surface area contributed by atoms with Crippen molar-refractivity contribution in [3.8, 4) is 17.6 Å². The van der Waals surface area contributed by atoms with Gasteiger partial charge in [-0.3, -0.25) is 10.1 Å². The van der Waals surface area contributed by atoms with E-state index in [1.54, 1.807) is 18.2 Å². The Hall–Kier alpha value is -2.96. The van der Waals surface area contributed by atoms with E-state index in [2.05, 4.69) is 0 Å². The van der Waals surface area contributed by atoms with Gasteiger partial charge in [0, 0.05) is 19.2 Å².